The third-order valence-corrected chi connectivity index (χ3v) is 9.30. The van der Waals surface area contributed by atoms with Crippen LogP contribution in [0, 0.1) is 11.8 Å². The van der Waals surface area contributed by atoms with Crippen LogP contribution in [-0.2, 0) is 31.0 Å². The minimum Gasteiger partial charge on any atom is -0.459 e. The Bertz CT molecular complexity index is 1150. The molecular weight excluding hydrogens is 594 g/mol. The van der Waals surface area contributed by atoms with Crippen molar-refractivity contribution in [2.45, 2.75) is 174 Å². The van der Waals surface area contributed by atoms with Crippen molar-refractivity contribution in [2.24, 2.45) is 11.8 Å². The van der Waals surface area contributed by atoms with Crippen LogP contribution in [0.2, 0.25) is 0 Å². The van der Waals surface area contributed by atoms with Crippen molar-refractivity contribution in [1.29, 1.82) is 0 Å². The van der Waals surface area contributed by atoms with Gasteiger partial charge in [0.2, 0.25) is 11.8 Å². The van der Waals surface area contributed by atoms with Crippen molar-refractivity contribution in [3.8, 4) is 0 Å². The monoisotopic (exact) mass is 659 g/mol. The Kier molecular flexibility index (Phi) is 14.9. The molecule has 1 aromatic carbocycles. The number of rotatable bonds is 15. The van der Waals surface area contributed by atoms with Gasteiger partial charge in [-0.2, -0.15) is 0 Å². The molecule has 1 aliphatic carbocycles. The van der Waals surface area contributed by atoms with Gasteiger partial charge in [0.25, 0.3) is 0 Å². The molecule has 3 unspecified atom stereocenters. The highest BCUT2D eigenvalue weighted by Crippen LogP contribution is 2.31. The van der Waals surface area contributed by atoms with Crippen molar-refractivity contribution in [3.05, 3.63) is 35.4 Å². The van der Waals surface area contributed by atoms with Gasteiger partial charge in [0.05, 0.1) is 18.2 Å². The van der Waals surface area contributed by atoms with Crippen LogP contribution < -0.4 is 16.0 Å². The Hall–Kier alpha value is -2.49. The van der Waals surface area contributed by atoms with Crippen LogP contribution in [0.5, 0.6) is 0 Å². The maximum Gasteiger partial charge on any atom is 0.326 e. The molecule has 9 heteroatoms. The SMILES string of the molecule is CCC(C)C(NC(=O)C(C)NC1(C(=O)OC(C)(C)C)CCCCC1)C(=O)N[C@@H](Cc1ccc(C(C)(C)C)cc1)[C@@H](O)[C@@H](O)CC(C)C. The number of carbonyl (C=O) groups is 3. The number of benzene rings is 1. The Balaban J connectivity index is 2.29. The molecular formula is C38H65N3O6. The van der Waals surface area contributed by atoms with Crippen molar-refractivity contribution in [2.75, 3.05) is 0 Å². The number of hydrogen-bond acceptors (Lipinski definition) is 7. The van der Waals surface area contributed by atoms with Gasteiger partial charge in [-0.3, -0.25) is 19.7 Å². The van der Waals surface area contributed by atoms with Gasteiger partial charge in [0.15, 0.2) is 0 Å². The molecule has 2 rings (SSSR count). The molecule has 268 valence electrons. The van der Waals surface area contributed by atoms with Gasteiger partial charge in [-0.05, 0) is 81.8 Å². The van der Waals surface area contributed by atoms with E-state index in [4.69, 9.17) is 4.74 Å². The van der Waals surface area contributed by atoms with Crippen LogP contribution in [0.15, 0.2) is 24.3 Å². The highest BCUT2D eigenvalue weighted by Gasteiger charge is 2.44. The van der Waals surface area contributed by atoms with E-state index in [2.05, 4.69) is 48.9 Å². The molecule has 0 aromatic heterocycles. The van der Waals surface area contributed by atoms with Crippen molar-refractivity contribution >= 4 is 17.8 Å². The minimum absolute atomic E-state index is 0.0175. The summed E-state index contributed by atoms with van der Waals surface area (Å²) in [5.74, 6) is -1.24. The van der Waals surface area contributed by atoms with E-state index in [-0.39, 0.29) is 23.2 Å². The average Bonchev–Trinajstić information content (AvgIpc) is 2.97. The van der Waals surface area contributed by atoms with Crippen LogP contribution in [0.4, 0.5) is 0 Å². The summed E-state index contributed by atoms with van der Waals surface area (Å²) in [6.07, 6.45) is 2.94. The van der Waals surface area contributed by atoms with E-state index >= 15 is 0 Å². The molecule has 9 nitrogen and oxygen atoms in total. The van der Waals surface area contributed by atoms with Gasteiger partial charge in [0.1, 0.15) is 23.3 Å². The molecule has 5 N–H and O–H groups in total. The Morgan fingerprint density at radius 3 is 1.94 bits per heavy atom. The molecule has 47 heavy (non-hydrogen) atoms. The topological polar surface area (TPSA) is 137 Å². The molecule has 0 heterocycles. The number of amides is 2. The standard InChI is InChI=1S/C38H65N3O6/c1-12-25(4)31(40-33(44)26(5)41-38(20-14-13-15-21-38)35(46)47-37(9,10)11)34(45)39-29(32(43)30(42)22-24(2)3)23-27-16-18-28(19-17-27)36(6,7)8/h16-19,24-26,29-32,41-43H,12-15,20-23H2,1-11H3,(H,39,45)(H,40,44)/t25?,26?,29-,30-,31?,32+/m0/s1. The van der Waals surface area contributed by atoms with E-state index in [0.717, 1.165) is 24.8 Å². The molecule has 1 fully saturated rings. The Morgan fingerprint density at radius 2 is 1.45 bits per heavy atom. The van der Waals surface area contributed by atoms with E-state index in [1.165, 1.54) is 5.56 Å². The smallest absolute Gasteiger partial charge is 0.326 e. The third kappa shape index (κ3) is 12.5. The van der Waals surface area contributed by atoms with Crippen LogP contribution in [0.3, 0.4) is 0 Å². The van der Waals surface area contributed by atoms with E-state index in [9.17, 15) is 24.6 Å². The van der Waals surface area contributed by atoms with Crippen LogP contribution >= 0.6 is 0 Å². The van der Waals surface area contributed by atoms with Gasteiger partial charge in [-0.15, -0.1) is 0 Å². The lowest BCUT2D eigenvalue weighted by Gasteiger charge is -2.39. The summed E-state index contributed by atoms with van der Waals surface area (Å²) in [4.78, 5) is 41.0. The number of aliphatic hydroxyl groups excluding tert-OH is 2. The number of carbonyl (C=O) groups excluding carboxylic acids is 3. The molecule has 1 aromatic rings. The first kappa shape index (κ1) is 40.7. The normalized spacial score (nSPS) is 19.2. The second-order valence-electron chi connectivity index (χ2n) is 16.3. The summed E-state index contributed by atoms with van der Waals surface area (Å²) >= 11 is 0. The molecule has 6 atom stereocenters. The molecule has 2 amide bonds. The number of esters is 1. The van der Waals surface area contributed by atoms with Gasteiger partial charge >= 0.3 is 5.97 Å². The molecule has 0 radical (unpaired) electrons. The fraction of sp³-hybridized carbons (Fsp3) is 0.763. The second-order valence-corrected chi connectivity index (χ2v) is 16.3. The van der Waals surface area contributed by atoms with E-state index in [1.807, 2.05) is 60.6 Å². The lowest BCUT2D eigenvalue weighted by Crippen LogP contribution is -2.63. The maximum absolute atomic E-state index is 13.9. The largest absolute Gasteiger partial charge is 0.459 e. The van der Waals surface area contributed by atoms with Crippen molar-refractivity contribution < 1.29 is 29.3 Å². The zero-order chi connectivity index (χ0) is 35.7. The first-order valence-corrected chi connectivity index (χ1v) is 17.8. The van der Waals surface area contributed by atoms with Crippen molar-refractivity contribution in [1.82, 2.24) is 16.0 Å². The maximum atomic E-state index is 13.9. The van der Waals surface area contributed by atoms with Crippen LogP contribution in [0.25, 0.3) is 0 Å². The van der Waals surface area contributed by atoms with E-state index in [1.54, 1.807) is 6.92 Å². The number of nitrogens with one attached hydrogen (secondary N) is 3. The lowest BCUT2D eigenvalue weighted by molar-refractivity contribution is -0.165. The summed E-state index contributed by atoms with van der Waals surface area (Å²) in [6, 6.07) is 5.66. The second kappa shape index (κ2) is 17.3. The van der Waals surface area contributed by atoms with Gasteiger partial charge in [0, 0.05) is 0 Å². The number of aliphatic hydroxyl groups is 2. The van der Waals surface area contributed by atoms with Gasteiger partial charge < -0.3 is 25.6 Å². The Morgan fingerprint density at radius 1 is 0.872 bits per heavy atom. The third-order valence-electron chi connectivity index (χ3n) is 9.30. The molecule has 0 saturated heterocycles. The van der Waals surface area contributed by atoms with E-state index < -0.39 is 53.3 Å². The first-order chi connectivity index (χ1) is 21.7. The summed E-state index contributed by atoms with van der Waals surface area (Å²) in [5, 5.41) is 31.4. The first-order valence-electron chi connectivity index (χ1n) is 17.8. The van der Waals surface area contributed by atoms with Gasteiger partial charge in [-0.1, -0.05) is 98.4 Å². The Labute approximate surface area is 284 Å². The van der Waals surface area contributed by atoms with Crippen LogP contribution in [-0.4, -0.2) is 69.5 Å². The fourth-order valence-corrected chi connectivity index (χ4v) is 6.21. The summed E-state index contributed by atoms with van der Waals surface area (Å²) in [5.41, 5.74) is 0.441. The zero-order valence-electron chi connectivity index (χ0n) is 31.0. The van der Waals surface area contributed by atoms with Gasteiger partial charge in [-0.25, -0.2) is 0 Å². The molecule has 0 spiro atoms. The highest BCUT2D eigenvalue weighted by molar-refractivity contribution is 5.91. The number of hydrogen-bond donors (Lipinski definition) is 5. The quantitative estimate of drug-likeness (QED) is 0.161. The van der Waals surface area contributed by atoms with Crippen LogP contribution in [0.1, 0.15) is 132 Å². The molecule has 1 saturated carbocycles. The molecule has 0 bridgehead atoms. The minimum atomic E-state index is -1.21. The van der Waals surface area contributed by atoms with Crippen molar-refractivity contribution in [3.63, 3.8) is 0 Å². The average molecular weight is 660 g/mol. The number of ether oxygens (including phenoxy) is 1. The predicted octanol–water partition coefficient (Wildman–Crippen LogP) is 5.33. The molecule has 1 aliphatic rings. The summed E-state index contributed by atoms with van der Waals surface area (Å²) < 4.78 is 5.78. The predicted molar refractivity (Wildman–Crippen MR) is 188 cm³/mol. The highest BCUT2D eigenvalue weighted by atomic mass is 16.6. The molecule has 0 aliphatic heterocycles. The zero-order valence-corrected chi connectivity index (χ0v) is 31.0. The summed E-state index contributed by atoms with van der Waals surface area (Å²) in [6.45, 7) is 21.4. The van der Waals surface area contributed by atoms with E-state index in [0.29, 0.717) is 32.1 Å². The summed E-state index contributed by atoms with van der Waals surface area (Å²) in [7, 11) is 0. The lowest BCUT2D eigenvalue weighted by atomic mass is 9.81. The fourth-order valence-electron chi connectivity index (χ4n) is 6.21.